The lowest BCUT2D eigenvalue weighted by molar-refractivity contribution is 1.10. The number of nitrogen functional groups attached to an aromatic ring is 1. The van der Waals surface area contributed by atoms with Gasteiger partial charge < -0.3 is 5.73 Å². The van der Waals surface area contributed by atoms with E-state index in [1.807, 2.05) is 36.4 Å². The van der Waals surface area contributed by atoms with E-state index in [1.54, 1.807) is 0 Å². The monoisotopic (exact) mass is 327 g/mol. The highest BCUT2D eigenvalue weighted by Gasteiger charge is 2.17. The molecule has 0 spiro atoms. The summed E-state index contributed by atoms with van der Waals surface area (Å²) in [7, 11) is 0. The van der Waals surface area contributed by atoms with Gasteiger partial charge in [-0.1, -0.05) is 58.4 Å². The first-order valence-corrected chi connectivity index (χ1v) is 7.12. The number of hydrogen-bond acceptors (Lipinski definition) is 2. The molecule has 0 aliphatic carbocycles. The van der Waals surface area contributed by atoms with Crippen molar-refractivity contribution in [2.45, 2.75) is 6.92 Å². The normalized spacial score (nSPS) is 10.7. The molecule has 3 aromatic rings. The second kappa shape index (κ2) is 5.13. The molecule has 0 saturated heterocycles. The van der Waals surface area contributed by atoms with Crippen molar-refractivity contribution < 1.29 is 0 Å². The van der Waals surface area contributed by atoms with Crippen LogP contribution in [0.25, 0.3) is 22.4 Å². The Morgan fingerprint density at radius 2 is 1.65 bits per heavy atom. The summed E-state index contributed by atoms with van der Waals surface area (Å²) in [4.78, 5) is 0. The van der Waals surface area contributed by atoms with Crippen molar-refractivity contribution in [2.24, 2.45) is 0 Å². The summed E-state index contributed by atoms with van der Waals surface area (Å²) >= 11 is 3.58. The highest BCUT2D eigenvalue weighted by molar-refractivity contribution is 9.10. The van der Waals surface area contributed by atoms with E-state index in [-0.39, 0.29) is 0 Å². The van der Waals surface area contributed by atoms with Gasteiger partial charge in [0.1, 0.15) is 0 Å². The van der Waals surface area contributed by atoms with E-state index in [2.05, 4.69) is 45.2 Å². The van der Waals surface area contributed by atoms with Crippen molar-refractivity contribution in [3.8, 4) is 22.4 Å². The Hall–Kier alpha value is -2.07. The average Bonchev–Trinajstić information content (AvgIpc) is 2.82. The molecule has 0 amide bonds. The van der Waals surface area contributed by atoms with Crippen LogP contribution in [-0.2, 0) is 0 Å². The molecule has 20 heavy (non-hydrogen) atoms. The van der Waals surface area contributed by atoms with Crippen LogP contribution in [0.4, 0.5) is 5.82 Å². The Balaban J connectivity index is 2.26. The maximum absolute atomic E-state index is 6.07. The van der Waals surface area contributed by atoms with E-state index < -0.39 is 0 Å². The molecule has 0 atom stereocenters. The summed E-state index contributed by atoms with van der Waals surface area (Å²) < 4.78 is 1.00. The maximum Gasteiger partial charge on any atom is 0.153 e. The third kappa shape index (κ3) is 2.12. The van der Waals surface area contributed by atoms with E-state index >= 15 is 0 Å². The molecule has 3 N–H and O–H groups in total. The number of anilines is 1. The highest BCUT2D eigenvalue weighted by atomic mass is 79.9. The molecule has 3 nitrogen and oxygen atoms in total. The molecule has 100 valence electrons. The van der Waals surface area contributed by atoms with Gasteiger partial charge in [0.05, 0.1) is 11.3 Å². The fraction of sp³-hybridized carbons (Fsp3) is 0.0625. The summed E-state index contributed by atoms with van der Waals surface area (Å²) in [5.41, 5.74) is 11.3. The number of aromatic nitrogens is 2. The Morgan fingerprint density at radius 1 is 1.00 bits per heavy atom. The number of benzene rings is 2. The molecule has 2 aromatic carbocycles. The van der Waals surface area contributed by atoms with E-state index in [9.17, 15) is 0 Å². The average molecular weight is 328 g/mol. The van der Waals surface area contributed by atoms with Gasteiger partial charge in [0.25, 0.3) is 0 Å². The molecule has 0 unspecified atom stereocenters. The van der Waals surface area contributed by atoms with Gasteiger partial charge in [0.15, 0.2) is 5.82 Å². The smallest absolute Gasteiger partial charge is 0.153 e. The summed E-state index contributed by atoms with van der Waals surface area (Å²) in [5, 5.41) is 7.24. The summed E-state index contributed by atoms with van der Waals surface area (Å²) in [6.45, 7) is 2.08. The SMILES string of the molecule is Cc1ccccc1-c1[nH]nc(N)c1-c1ccccc1Br. The number of H-pyrrole nitrogens is 1. The fourth-order valence-electron chi connectivity index (χ4n) is 2.34. The first-order chi connectivity index (χ1) is 9.68. The lowest BCUT2D eigenvalue weighted by atomic mass is 9.98. The molecular weight excluding hydrogens is 314 g/mol. The largest absolute Gasteiger partial charge is 0.382 e. The second-order valence-corrected chi connectivity index (χ2v) is 5.51. The first-order valence-electron chi connectivity index (χ1n) is 6.33. The van der Waals surface area contributed by atoms with Crippen LogP contribution in [0.3, 0.4) is 0 Å². The van der Waals surface area contributed by atoms with E-state index in [1.165, 1.54) is 5.56 Å². The van der Waals surface area contributed by atoms with Crippen molar-refractivity contribution in [1.82, 2.24) is 10.2 Å². The van der Waals surface area contributed by atoms with Crippen molar-refractivity contribution in [2.75, 3.05) is 5.73 Å². The van der Waals surface area contributed by atoms with Crippen LogP contribution in [0.5, 0.6) is 0 Å². The molecule has 1 heterocycles. The number of nitrogens with zero attached hydrogens (tertiary/aromatic N) is 1. The Kier molecular flexibility index (Phi) is 3.32. The number of halogens is 1. The van der Waals surface area contributed by atoms with Crippen molar-refractivity contribution in [3.63, 3.8) is 0 Å². The number of nitrogens with two attached hydrogens (primary N) is 1. The zero-order valence-electron chi connectivity index (χ0n) is 11.0. The van der Waals surface area contributed by atoms with Crippen LogP contribution in [0.15, 0.2) is 53.0 Å². The third-order valence-corrected chi connectivity index (χ3v) is 4.04. The summed E-state index contributed by atoms with van der Waals surface area (Å²) in [6, 6.07) is 16.2. The van der Waals surface area contributed by atoms with E-state index in [4.69, 9.17) is 5.73 Å². The number of nitrogens with one attached hydrogen (secondary N) is 1. The molecule has 0 fully saturated rings. The molecule has 0 aliphatic heterocycles. The molecule has 3 rings (SSSR count). The molecule has 1 aromatic heterocycles. The topological polar surface area (TPSA) is 54.7 Å². The lowest BCUT2D eigenvalue weighted by Crippen LogP contribution is -1.90. The van der Waals surface area contributed by atoms with Gasteiger partial charge in [-0.25, -0.2) is 0 Å². The zero-order chi connectivity index (χ0) is 14.1. The quantitative estimate of drug-likeness (QED) is 0.733. The minimum absolute atomic E-state index is 0.509. The van der Waals surface area contributed by atoms with Crippen LogP contribution >= 0.6 is 15.9 Å². The van der Waals surface area contributed by atoms with Crippen molar-refractivity contribution in [1.29, 1.82) is 0 Å². The molecule has 0 aliphatic rings. The van der Waals surface area contributed by atoms with Gasteiger partial charge in [0.2, 0.25) is 0 Å². The van der Waals surface area contributed by atoms with E-state index in [0.717, 1.165) is 26.9 Å². The number of aromatic amines is 1. The van der Waals surface area contributed by atoms with Crippen molar-refractivity contribution >= 4 is 21.7 Å². The molecule has 0 saturated carbocycles. The zero-order valence-corrected chi connectivity index (χ0v) is 12.6. The summed E-state index contributed by atoms with van der Waals surface area (Å²) in [6.07, 6.45) is 0. The molecular formula is C16H14BrN3. The van der Waals surface area contributed by atoms with Gasteiger partial charge in [-0.15, -0.1) is 0 Å². The van der Waals surface area contributed by atoms with Gasteiger partial charge in [-0.3, -0.25) is 5.10 Å². The predicted molar refractivity (Wildman–Crippen MR) is 86.3 cm³/mol. The Morgan fingerprint density at radius 3 is 2.35 bits per heavy atom. The highest BCUT2D eigenvalue weighted by Crippen LogP contribution is 2.39. The lowest BCUT2D eigenvalue weighted by Gasteiger charge is -2.09. The fourth-order valence-corrected chi connectivity index (χ4v) is 2.82. The van der Waals surface area contributed by atoms with Gasteiger partial charge >= 0.3 is 0 Å². The number of aryl methyl sites for hydroxylation is 1. The first kappa shape index (κ1) is 12.9. The van der Waals surface area contributed by atoms with Crippen molar-refractivity contribution in [3.05, 3.63) is 58.6 Å². The Bertz CT molecular complexity index is 762. The predicted octanol–water partition coefficient (Wildman–Crippen LogP) is 4.40. The molecule has 0 radical (unpaired) electrons. The number of hydrogen-bond donors (Lipinski definition) is 2. The van der Waals surface area contributed by atoms with Gasteiger partial charge in [-0.05, 0) is 18.6 Å². The molecule has 0 bridgehead atoms. The number of rotatable bonds is 2. The summed E-state index contributed by atoms with van der Waals surface area (Å²) in [5.74, 6) is 0.509. The third-order valence-electron chi connectivity index (χ3n) is 3.35. The molecule has 4 heteroatoms. The minimum Gasteiger partial charge on any atom is -0.382 e. The standard InChI is InChI=1S/C16H14BrN3/c1-10-6-2-3-7-11(10)15-14(16(18)20-19-15)12-8-4-5-9-13(12)17/h2-9H,1H3,(H3,18,19,20). The van der Waals surface area contributed by atoms with Crippen LogP contribution in [0.2, 0.25) is 0 Å². The maximum atomic E-state index is 6.07. The second-order valence-electron chi connectivity index (χ2n) is 4.65. The minimum atomic E-state index is 0.509. The van der Waals surface area contributed by atoms with Gasteiger partial charge in [0, 0.05) is 15.6 Å². The van der Waals surface area contributed by atoms with Crippen LogP contribution < -0.4 is 5.73 Å². The van der Waals surface area contributed by atoms with Crippen LogP contribution in [0.1, 0.15) is 5.56 Å². The van der Waals surface area contributed by atoms with Crippen LogP contribution in [-0.4, -0.2) is 10.2 Å². The van der Waals surface area contributed by atoms with E-state index in [0.29, 0.717) is 5.82 Å². The Labute approximate surface area is 126 Å². The van der Waals surface area contributed by atoms with Gasteiger partial charge in [-0.2, -0.15) is 5.10 Å². The van der Waals surface area contributed by atoms with Crippen LogP contribution in [0, 0.1) is 6.92 Å².